The fourth-order valence-corrected chi connectivity index (χ4v) is 3.41. The quantitative estimate of drug-likeness (QED) is 0.839. The van der Waals surface area contributed by atoms with Crippen molar-refractivity contribution in [3.05, 3.63) is 22.7 Å². The van der Waals surface area contributed by atoms with E-state index in [1.165, 1.54) is 25.7 Å². The zero-order valence-corrected chi connectivity index (χ0v) is 10.7. The van der Waals surface area contributed by atoms with Gasteiger partial charge in [-0.3, -0.25) is 4.79 Å². The Morgan fingerprint density at radius 1 is 1.44 bits per heavy atom. The van der Waals surface area contributed by atoms with Crippen molar-refractivity contribution in [2.45, 2.75) is 37.8 Å². The first-order valence-corrected chi connectivity index (χ1v) is 6.73. The zero-order valence-electron chi connectivity index (χ0n) is 10.7. The molecule has 0 aliphatic carbocycles. The topological polar surface area (TPSA) is 61.0 Å². The number of aromatic nitrogens is 2. The van der Waals surface area contributed by atoms with E-state index in [0.717, 1.165) is 18.6 Å². The molecule has 2 aliphatic rings. The van der Waals surface area contributed by atoms with Crippen LogP contribution in [0.1, 0.15) is 25.7 Å². The van der Waals surface area contributed by atoms with Crippen LogP contribution in [0.4, 0.5) is 5.82 Å². The number of H-pyrrole nitrogens is 1. The van der Waals surface area contributed by atoms with Gasteiger partial charge in [-0.1, -0.05) is 0 Å². The molecule has 5 heteroatoms. The highest BCUT2D eigenvalue weighted by Gasteiger charge is 2.38. The number of aromatic amines is 1. The van der Waals surface area contributed by atoms with Crippen LogP contribution in [0.15, 0.2) is 17.2 Å². The Morgan fingerprint density at radius 2 is 2.17 bits per heavy atom. The zero-order chi connectivity index (χ0) is 12.5. The van der Waals surface area contributed by atoms with Gasteiger partial charge in [-0.2, -0.15) is 0 Å². The molecular weight excluding hydrogens is 228 g/mol. The summed E-state index contributed by atoms with van der Waals surface area (Å²) in [6.45, 7) is 0.862. The number of nitrogens with one attached hydrogen (secondary N) is 2. The van der Waals surface area contributed by atoms with Gasteiger partial charge in [-0.15, -0.1) is 0 Å². The van der Waals surface area contributed by atoms with Crippen LogP contribution < -0.4 is 10.9 Å². The smallest absolute Gasteiger partial charge is 0.290 e. The number of hydrogen-bond donors (Lipinski definition) is 2. The molecule has 3 rings (SSSR count). The fourth-order valence-electron chi connectivity index (χ4n) is 3.41. The lowest BCUT2D eigenvalue weighted by atomic mass is 9.91. The summed E-state index contributed by atoms with van der Waals surface area (Å²) >= 11 is 0. The SMILES string of the molecule is CN1C2CCC1CC(CNc1ncc[nH]c1=O)C2. The lowest BCUT2D eigenvalue weighted by Gasteiger charge is -2.36. The maximum Gasteiger partial charge on any atom is 0.290 e. The van der Waals surface area contributed by atoms with Crippen LogP contribution >= 0.6 is 0 Å². The Balaban J connectivity index is 1.59. The van der Waals surface area contributed by atoms with Crippen LogP contribution in [0.5, 0.6) is 0 Å². The maximum absolute atomic E-state index is 11.5. The number of rotatable bonds is 3. The molecule has 2 aliphatic heterocycles. The van der Waals surface area contributed by atoms with E-state index in [1.54, 1.807) is 12.4 Å². The summed E-state index contributed by atoms with van der Waals surface area (Å²) in [4.78, 5) is 20.7. The third-order valence-electron chi connectivity index (χ3n) is 4.46. The van der Waals surface area contributed by atoms with Crippen LogP contribution in [0.25, 0.3) is 0 Å². The van der Waals surface area contributed by atoms with E-state index in [2.05, 4.69) is 27.2 Å². The van der Waals surface area contributed by atoms with Crippen LogP contribution in [0, 0.1) is 5.92 Å². The summed E-state index contributed by atoms with van der Waals surface area (Å²) in [5, 5.41) is 3.19. The minimum atomic E-state index is -0.131. The Labute approximate surface area is 107 Å². The maximum atomic E-state index is 11.5. The molecule has 2 fully saturated rings. The fraction of sp³-hybridized carbons (Fsp3) is 0.692. The minimum Gasteiger partial charge on any atom is -0.365 e. The first-order chi connectivity index (χ1) is 8.74. The molecule has 3 heterocycles. The Morgan fingerprint density at radius 3 is 2.83 bits per heavy atom. The second-order valence-corrected chi connectivity index (χ2v) is 5.54. The van der Waals surface area contributed by atoms with Crippen LogP contribution in [-0.4, -0.2) is 40.5 Å². The van der Waals surface area contributed by atoms with Gasteiger partial charge in [0.05, 0.1) is 0 Å². The second kappa shape index (κ2) is 4.72. The Hall–Kier alpha value is -1.36. The normalized spacial score (nSPS) is 31.5. The van der Waals surface area contributed by atoms with Gasteiger partial charge in [-0.25, -0.2) is 4.98 Å². The third-order valence-corrected chi connectivity index (χ3v) is 4.46. The summed E-state index contributed by atoms with van der Waals surface area (Å²) in [5.74, 6) is 1.11. The monoisotopic (exact) mass is 248 g/mol. The molecule has 2 atom stereocenters. The third kappa shape index (κ3) is 2.14. The number of anilines is 1. The Bertz CT molecular complexity index is 458. The molecule has 5 nitrogen and oxygen atoms in total. The van der Waals surface area contributed by atoms with E-state index in [1.807, 2.05) is 0 Å². The van der Waals surface area contributed by atoms with E-state index >= 15 is 0 Å². The molecule has 98 valence electrons. The summed E-state index contributed by atoms with van der Waals surface area (Å²) < 4.78 is 0. The molecule has 0 radical (unpaired) electrons. The van der Waals surface area contributed by atoms with Gasteiger partial charge in [0.2, 0.25) is 0 Å². The van der Waals surface area contributed by atoms with Crippen molar-refractivity contribution in [3.8, 4) is 0 Å². The number of fused-ring (bicyclic) bond motifs is 2. The van der Waals surface area contributed by atoms with Gasteiger partial charge in [0, 0.05) is 31.0 Å². The molecule has 1 aromatic rings. The van der Waals surface area contributed by atoms with Gasteiger partial charge < -0.3 is 15.2 Å². The van der Waals surface area contributed by atoms with E-state index in [9.17, 15) is 4.79 Å². The van der Waals surface area contributed by atoms with Crippen molar-refractivity contribution in [2.75, 3.05) is 18.9 Å². The molecule has 0 aromatic carbocycles. The highest BCUT2D eigenvalue weighted by atomic mass is 16.1. The number of nitrogens with zero attached hydrogens (tertiary/aromatic N) is 2. The number of piperidine rings is 1. The van der Waals surface area contributed by atoms with Gasteiger partial charge in [-0.05, 0) is 38.6 Å². The van der Waals surface area contributed by atoms with Crippen molar-refractivity contribution >= 4 is 5.82 Å². The lowest BCUT2D eigenvalue weighted by molar-refractivity contribution is 0.139. The molecule has 1 aromatic heterocycles. The van der Waals surface area contributed by atoms with Crippen LogP contribution in [-0.2, 0) is 0 Å². The van der Waals surface area contributed by atoms with Gasteiger partial charge in [0.25, 0.3) is 5.56 Å². The lowest BCUT2D eigenvalue weighted by Crippen LogP contribution is -2.41. The first-order valence-electron chi connectivity index (χ1n) is 6.73. The summed E-state index contributed by atoms with van der Waals surface area (Å²) in [6, 6.07) is 1.50. The summed E-state index contributed by atoms with van der Waals surface area (Å²) in [6.07, 6.45) is 8.32. The van der Waals surface area contributed by atoms with Crippen LogP contribution in [0.3, 0.4) is 0 Å². The molecule has 2 saturated heterocycles. The van der Waals surface area contributed by atoms with Gasteiger partial charge >= 0.3 is 0 Å². The van der Waals surface area contributed by atoms with Crippen molar-refractivity contribution in [1.82, 2.24) is 14.9 Å². The first kappa shape index (κ1) is 11.7. The predicted molar refractivity (Wildman–Crippen MR) is 70.6 cm³/mol. The highest BCUT2D eigenvalue weighted by molar-refractivity contribution is 5.30. The number of hydrogen-bond acceptors (Lipinski definition) is 4. The van der Waals surface area contributed by atoms with Gasteiger partial charge in [0.15, 0.2) is 5.82 Å². The van der Waals surface area contributed by atoms with Gasteiger partial charge in [0.1, 0.15) is 0 Å². The standard InChI is InChI=1S/C13H20N4O/c1-17-10-2-3-11(17)7-9(6-10)8-16-12-13(18)15-5-4-14-12/h4-5,9-11H,2-3,6-8H2,1H3,(H,14,16)(H,15,18). The largest absolute Gasteiger partial charge is 0.365 e. The van der Waals surface area contributed by atoms with E-state index < -0.39 is 0 Å². The minimum absolute atomic E-state index is 0.131. The summed E-state index contributed by atoms with van der Waals surface area (Å²) in [5.41, 5.74) is -0.131. The van der Waals surface area contributed by atoms with Crippen molar-refractivity contribution in [1.29, 1.82) is 0 Å². The molecule has 2 unspecified atom stereocenters. The van der Waals surface area contributed by atoms with E-state index in [0.29, 0.717) is 11.7 Å². The van der Waals surface area contributed by atoms with Crippen molar-refractivity contribution in [2.24, 2.45) is 5.92 Å². The van der Waals surface area contributed by atoms with Crippen molar-refractivity contribution in [3.63, 3.8) is 0 Å². The average Bonchev–Trinajstić information content (AvgIpc) is 2.62. The Kier molecular flexibility index (Phi) is 3.07. The second-order valence-electron chi connectivity index (χ2n) is 5.54. The molecule has 2 bridgehead atoms. The molecule has 0 spiro atoms. The predicted octanol–water partition coefficient (Wildman–Crippen LogP) is 1.05. The molecular formula is C13H20N4O. The molecule has 18 heavy (non-hydrogen) atoms. The molecule has 0 amide bonds. The average molecular weight is 248 g/mol. The van der Waals surface area contributed by atoms with Crippen molar-refractivity contribution < 1.29 is 0 Å². The summed E-state index contributed by atoms with van der Waals surface area (Å²) in [7, 11) is 2.25. The highest BCUT2D eigenvalue weighted by Crippen LogP contribution is 2.37. The van der Waals surface area contributed by atoms with E-state index in [-0.39, 0.29) is 5.56 Å². The van der Waals surface area contributed by atoms with Crippen LogP contribution in [0.2, 0.25) is 0 Å². The molecule has 2 N–H and O–H groups in total. The molecule has 0 saturated carbocycles. The van der Waals surface area contributed by atoms with E-state index in [4.69, 9.17) is 0 Å².